The van der Waals surface area contributed by atoms with E-state index >= 15 is 0 Å². The number of carbonyl (C=O) groups excluding carboxylic acids is 1. The van der Waals surface area contributed by atoms with E-state index in [9.17, 15) is 9.59 Å². The van der Waals surface area contributed by atoms with Crippen molar-refractivity contribution in [3.8, 4) is 5.75 Å². The first-order valence-electron chi connectivity index (χ1n) is 5.78. The van der Waals surface area contributed by atoms with Gasteiger partial charge in [0.15, 0.2) is 0 Å². The molecule has 1 atom stereocenters. The van der Waals surface area contributed by atoms with Crippen LogP contribution in [0, 0.1) is 0 Å². The van der Waals surface area contributed by atoms with Gasteiger partial charge in [-0.1, -0.05) is 24.8 Å². The summed E-state index contributed by atoms with van der Waals surface area (Å²) in [4.78, 5) is 22.2. The number of esters is 1. The SMILES string of the molecule is C=C(C)C(=O)OC(CCOc1ccccc1)C(=O)O. The van der Waals surface area contributed by atoms with Gasteiger partial charge in [0, 0.05) is 12.0 Å². The van der Waals surface area contributed by atoms with Crippen molar-refractivity contribution >= 4 is 11.9 Å². The molecule has 1 N–H and O–H groups in total. The Kier molecular flexibility index (Phi) is 5.60. The van der Waals surface area contributed by atoms with Crippen molar-refractivity contribution in [1.29, 1.82) is 0 Å². The number of benzene rings is 1. The van der Waals surface area contributed by atoms with Crippen LogP contribution in [-0.4, -0.2) is 29.8 Å². The van der Waals surface area contributed by atoms with Crippen LogP contribution in [0.3, 0.4) is 0 Å². The summed E-state index contributed by atoms with van der Waals surface area (Å²) < 4.78 is 10.1. The zero-order chi connectivity index (χ0) is 14.3. The van der Waals surface area contributed by atoms with Gasteiger partial charge in [-0.25, -0.2) is 9.59 Å². The highest BCUT2D eigenvalue weighted by atomic mass is 16.6. The number of carbonyl (C=O) groups is 2. The lowest BCUT2D eigenvalue weighted by atomic mass is 10.2. The molecular formula is C14H16O5. The van der Waals surface area contributed by atoms with Crippen molar-refractivity contribution in [2.24, 2.45) is 0 Å². The summed E-state index contributed by atoms with van der Waals surface area (Å²) >= 11 is 0. The zero-order valence-electron chi connectivity index (χ0n) is 10.7. The van der Waals surface area contributed by atoms with Crippen LogP contribution < -0.4 is 4.74 Å². The maximum absolute atomic E-state index is 11.3. The fourth-order valence-electron chi connectivity index (χ4n) is 1.26. The van der Waals surface area contributed by atoms with Crippen LogP contribution in [0.4, 0.5) is 0 Å². The molecule has 5 nitrogen and oxygen atoms in total. The lowest BCUT2D eigenvalue weighted by Crippen LogP contribution is -2.29. The van der Waals surface area contributed by atoms with Gasteiger partial charge in [0.2, 0.25) is 6.10 Å². The molecule has 0 spiro atoms. The first kappa shape index (κ1) is 14.8. The van der Waals surface area contributed by atoms with E-state index in [0.29, 0.717) is 5.75 Å². The molecular weight excluding hydrogens is 248 g/mol. The third-order valence-electron chi connectivity index (χ3n) is 2.27. The summed E-state index contributed by atoms with van der Waals surface area (Å²) in [6, 6.07) is 8.99. The summed E-state index contributed by atoms with van der Waals surface area (Å²) in [5.74, 6) is -1.28. The Morgan fingerprint density at radius 1 is 1.32 bits per heavy atom. The smallest absolute Gasteiger partial charge is 0.345 e. The summed E-state index contributed by atoms with van der Waals surface area (Å²) in [6.45, 7) is 5.00. The number of ether oxygens (including phenoxy) is 2. The van der Waals surface area contributed by atoms with Gasteiger partial charge in [-0.2, -0.15) is 0 Å². The molecule has 0 saturated heterocycles. The molecule has 1 aromatic carbocycles. The van der Waals surface area contributed by atoms with Crippen LogP contribution in [-0.2, 0) is 14.3 Å². The summed E-state index contributed by atoms with van der Waals surface area (Å²) in [6.07, 6.45) is -1.16. The predicted octanol–water partition coefficient (Wildman–Crippen LogP) is 2.03. The van der Waals surface area contributed by atoms with Crippen molar-refractivity contribution < 1.29 is 24.2 Å². The number of carboxylic acid groups (broad SMARTS) is 1. The standard InChI is InChI=1S/C14H16O5/c1-10(2)14(17)19-12(13(15)16)8-9-18-11-6-4-3-5-7-11/h3-7,12H,1,8-9H2,2H3,(H,15,16). The fraction of sp³-hybridized carbons (Fsp3) is 0.286. The van der Waals surface area contributed by atoms with Crippen LogP contribution in [0.2, 0.25) is 0 Å². The molecule has 0 fully saturated rings. The normalized spacial score (nSPS) is 11.4. The Hall–Kier alpha value is -2.30. The molecule has 0 aromatic heterocycles. The minimum Gasteiger partial charge on any atom is -0.493 e. The molecule has 0 aliphatic carbocycles. The summed E-state index contributed by atoms with van der Waals surface area (Å²) in [7, 11) is 0. The molecule has 0 saturated carbocycles. The van der Waals surface area contributed by atoms with Crippen LogP contribution in [0.5, 0.6) is 5.75 Å². The predicted molar refractivity (Wildman–Crippen MR) is 68.9 cm³/mol. The lowest BCUT2D eigenvalue weighted by molar-refractivity contribution is -0.162. The maximum atomic E-state index is 11.3. The number of aliphatic carboxylic acids is 1. The van der Waals surface area contributed by atoms with E-state index in [2.05, 4.69) is 6.58 Å². The average molecular weight is 264 g/mol. The van der Waals surface area contributed by atoms with E-state index in [1.54, 1.807) is 12.1 Å². The van der Waals surface area contributed by atoms with E-state index in [4.69, 9.17) is 14.6 Å². The average Bonchev–Trinajstić information content (AvgIpc) is 2.38. The number of hydrogen-bond acceptors (Lipinski definition) is 4. The maximum Gasteiger partial charge on any atom is 0.345 e. The molecule has 1 aromatic rings. The Labute approximate surface area is 111 Å². The number of para-hydroxylation sites is 1. The number of hydrogen-bond donors (Lipinski definition) is 1. The van der Waals surface area contributed by atoms with Crippen molar-refractivity contribution in [2.45, 2.75) is 19.4 Å². The van der Waals surface area contributed by atoms with Gasteiger partial charge < -0.3 is 14.6 Å². The van der Waals surface area contributed by atoms with Gasteiger partial charge in [0.05, 0.1) is 6.61 Å². The highest BCUT2D eigenvalue weighted by Gasteiger charge is 2.22. The Bertz CT molecular complexity index is 452. The number of rotatable bonds is 7. The minimum atomic E-state index is -1.23. The molecule has 0 aliphatic rings. The first-order valence-corrected chi connectivity index (χ1v) is 5.78. The van der Waals surface area contributed by atoms with Crippen LogP contribution >= 0.6 is 0 Å². The molecule has 5 heteroatoms. The van der Waals surface area contributed by atoms with E-state index in [1.807, 2.05) is 18.2 Å². The molecule has 0 radical (unpaired) electrons. The Morgan fingerprint density at radius 3 is 2.47 bits per heavy atom. The van der Waals surface area contributed by atoms with E-state index in [1.165, 1.54) is 6.92 Å². The topological polar surface area (TPSA) is 72.8 Å². The minimum absolute atomic E-state index is 0.0727. The quantitative estimate of drug-likeness (QED) is 0.602. The van der Waals surface area contributed by atoms with Gasteiger partial charge in [-0.15, -0.1) is 0 Å². The van der Waals surface area contributed by atoms with E-state index < -0.39 is 18.0 Å². The van der Waals surface area contributed by atoms with Crippen LogP contribution in [0.25, 0.3) is 0 Å². The van der Waals surface area contributed by atoms with Crippen molar-refractivity contribution in [3.05, 3.63) is 42.5 Å². The molecule has 1 unspecified atom stereocenters. The van der Waals surface area contributed by atoms with Gasteiger partial charge >= 0.3 is 11.9 Å². The largest absolute Gasteiger partial charge is 0.493 e. The zero-order valence-corrected chi connectivity index (χ0v) is 10.7. The van der Waals surface area contributed by atoms with Gasteiger partial charge in [0.25, 0.3) is 0 Å². The second-order valence-corrected chi connectivity index (χ2v) is 3.96. The Morgan fingerprint density at radius 2 is 1.95 bits per heavy atom. The molecule has 1 rings (SSSR count). The highest BCUT2D eigenvalue weighted by molar-refractivity contribution is 5.89. The van der Waals surface area contributed by atoms with Crippen molar-refractivity contribution in [3.63, 3.8) is 0 Å². The molecule has 0 amide bonds. The van der Waals surface area contributed by atoms with Crippen molar-refractivity contribution in [2.75, 3.05) is 6.61 Å². The highest BCUT2D eigenvalue weighted by Crippen LogP contribution is 2.10. The van der Waals surface area contributed by atoms with Crippen LogP contribution in [0.15, 0.2) is 42.5 Å². The third-order valence-corrected chi connectivity index (χ3v) is 2.27. The molecule has 0 heterocycles. The molecule has 102 valence electrons. The van der Waals surface area contributed by atoms with Gasteiger partial charge in [0.1, 0.15) is 5.75 Å². The van der Waals surface area contributed by atoms with Gasteiger partial charge in [-0.05, 0) is 19.1 Å². The van der Waals surface area contributed by atoms with Gasteiger partial charge in [-0.3, -0.25) is 0 Å². The van der Waals surface area contributed by atoms with E-state index in [-0.39, 0.29) is 18.6 Å². The Balaban J connectivity index is 2.44. The lowest BCUT2D eigenvalue weighted by Gasteiger charge is -2.14. The van der Waals surface area contributed by atoms with E-state index in [0.717, 1.165) is 0 Å². The second-order valence-electron chi connectivity index (χ2n) is 3.96. The first-order chi connectivity index (χ1) is 9.00. The summed E-state index contributed by atoms with van der Waals surface area (Å²) in [5, 5.41) is 8.94. The molecule has 0 bridgehead atoms. The monoisotopic (exact) mass is 264 g/mol. The molecule has 0 aliphatic heterocycles. The number of carboxylic acids is 1. The molecule has 19 heavy (non-hydrogen) atoms. The summed E-state index contributed by atoms with van der Waals surface area (Å²) in [5.41, 5.74) is 0.162. The van der Waals surface area contributed by atoms with Crippen LogP contribution in [0.1, 0.15) is 13.3 Å². The van der Waals surface area contributed by atoms with Crippen molar-refractivity contribution in [1.82, 2.24) is 0 Å². The second kappa shape index (κ2) is 7.20. The third kappa shape index (κ3) is 5.25. The fourth-order valence-corrected chi connectivity index (χ4v) is 1.26.